The molecule has 1 aromatic carbocycles. The minimum absolute atomic E-state index is 0.0397. The lowest BCUT2D eigenvalue weighted by Crippen LogP contribution is -2.22. The summed E-state index contributed by atoms with van der Waals surface area (Å²) in [5.74, 6) is -0.487. The van der Waals surface area contributed by atoms with E-state index in [2.05, 4.69) is 14.6 Å². The van der Waals surface area contributed by atoms with Gasteiger partial charge in [-0.2, -0.15) is 0 Å². The average molecular weight is 409 g/mol. The van der Waals surface area contributed by atoms with Gasteiger partial charge in [-0.3, -0.25) is 0 Å². The number of rotatable bonds is 6. The van der Waals surface area contributed by atoms with Crippen LogP contribution < -0.4 is 9.47 Å². The normalized spacial score (nSPS) is 15.6. The fourth-order valence-electron chi connectivity index (χ4n) is 2.96. The predicted octanol–water partition coefficient (Wildman–Crippen LogP) is 5.30. The maximum Gasteiger partial charge on any atom is 0.573 e. The van der Waals surface area contributed by atoms with E-state index < -0.39 is 12.1 Å². The van der Waals surface area contributed by atoms with Crippen LogP contribution >= 0.6 is 23.2 Å². The van der Waals surface area contributed by atoms with Crippen LogP contribution in [0, 0.1) is 0 Å². The van der Waals surface area contributed by atoms with E-state index in [1.807, 2.05) is 0 Å². The molecular weight excluding hydrogens is 392 g/mol. The smallest absolute Gasteiger partial charge is 0.490 e. The minimum atomic E-state index is -4.84. The second-order valence-electron chi connectivity index (χ2n) is 6.04. The summed E-state index contributed by atoms with van der Waals surface area (Å²) in [4.78, 5) is 6.39. The van der Waals surface area contributed by atoms with Gasteiger partial charge in [0.05, 0.1) is 17.1 Å². The number of alkyl halides is 3. The third-order valence-electron chi connectivity index (χ3n) is 4.09. The fourth-order valence-corrected chi connectivity index (χ4v) is 3.47. The second-order valence-corrected chi connectivity index (χ2v) is 6.84. The Labute approximate surface area is 158 Å². The van der Waals surface area contributed by atoms with Gasteiger partial charge in [-0.05, 0) is 44.5 Å². The molecule has 0 radical (unpaired) electrons. The lowest BCUT2D eigenvalue weighted by atomic mass is 10.2. The average Bonchev–Trinajstić information content (AvgIpc) is 3.04. The third-order valence-corrected chi connectivity index (χ3v) is 4.60. The van der Waals surface area contributed by atoms with Gasteiger partial charge in [0, 0.05) is 18.0 Å². The molecule has 9 heteroatoms. The number of halogens is 5. The SMILES string of the molecule is FC(F)(F)Oc1cc2c(Cl)cc(Cl)nc2cc1OCCCN1CCCC1. The molecule has 1 aliphatic rings. The Kier molecular flexibility index (Phi) is 5.99. The monoisotopic (exact) mass is 408 g/mol. The Hall–Kier alpha value is -1.44. The van der Waals surface area contributed by atoms with Crippen molar-refractivity contribution in [2.45, 2.75) is 25.6 Å². The third kappa shape index (κ3) is 5.05. The van der Waals surface area contributed by atoms with E-state index in [1.165, 1.54) is 31.0 Å². The molecule has 1 saturated heterocycles. The molecule has 4 nitrogen and oxygen atoms in total. The number of hydrogen-bond acceptors (Lipinski definition) is 4. The molecule has 2 aromatic rings. The molecule has 142 valence electrons. The lowest BCUT2D eigenvalue weighted by Gasteiger charge is -2.17. The van der Waals surface area contributed by atoms with Crippen molar-refractivity contribution in [1.29, 1.82) is 0 Å². The first-order valence-electron chi connectivity index (χ1n) is 8.22. The number of nitrogens with zero attached hydrogens (tertiary/aromatic N) is 2. The van der Waals surface area contributed by atoms with Crippen molar-refractivity contribution >= 4 is 34.1 Å². The molecule has 0 saturated carbocycles. The first-order chi connectivity index (χ1) is 12.3. The van der Waals surface area contributed by atoms with E-state index in [0.717, 1.165) is 19.6 Å². The van der Waals surface area contributed by atoms with Crippen molar-refractivity contribution in [3.63, 3.8) is 0 Å². The van der Waals surface area contributed by atoms with Crippen molar-refractivity contribution in [3.05, 3.63) is 28.4 Å². The quantitative estimate of drug-likeness (QED) is 0.479. The van der Waals surface area contributed by atoms with Crippen LogP contribution in [0.5, 0.6) is 11.5 Å². The zero-order valence-electron chi connectivity index (χ0n) is 13.8. The highest BCUT2D eigenvalue weighted by molar-refractivity contribution is 6.37. The molecule has 3 rings (SSSR count). The predicted molar refractivity (Wildman–Crippen MR) is 94.2 cm³/mol. The zero-order valence-corrected chi connectivity index (χ0v) is 15.3. The Balaban J connectivity index is 1.79. The van der Waals surface area contributed by atoms with Gasteiger partial charge in [0.2, 0.25) is 0 Å². The van der Waals surface area contributed by atoms with Crippen molar-refractivity contribution < 1.29 is 22.6 Å². The van der Waals surface area contributed by atoms with Gasteiger partial charge in [0.25, 0.3) is 0 Å². The largest absolute Gasteiger partial charge is 0.573 e. The summed E-state index contributed by atoms with van der Waals surface area (Å²) in [6.45, 7) is 3.22. The number of ether oxygens (including phenoxy) is 2. The molecule has 1 fully saturated rings. The molecule has 26 heavy (non-hydrogen) atoms. The van der Waals surface area contributed by atoms with Crippen LogP contribution in [0.15, 0.2) is 18.2 Å². The molecule has 0 atom stereocenters. The molecule has 0 bridgehead atoms. The van der Waals surface area contributed by atoms with Crippen LogP contribution in [0.1, 0.15) is 19.3 Å². The van der Waals surface area contributed by atoms with E-state index in [-0.39, 0.29) is 22.5 Å². The molecule has 0 unspecified atom stereocenters. The highest BCUT2D eigenvalue weighted by atomic mass is 35.5. The molecule has 2 heterocycles. The van der Waals surface area contributed by atoms with Crippen LogP contribution in [-0.4, -0.2) is 42.5 Å². The summed E-state index contributed by atoms with van der Waals surface area (Å²) >= 11 is 11.9. The van der Waals surface area contributed by atoms with Gasteiger partial charge in [-0.25, -0.2) is 4.98 Å². The van der Waals surface area contributed by atoms with Crippen LogP contribution in [-0.2, 0) is 0 Å². The molecule has 0 aliphatic carbocycles. The van der Waals surface area contributed by atoms with Crippen molar-refractivity contribution in [2.75, 3.05) is 26.2 Å². The summed E-state index contributed by atoms with van der Waals surface area (Å²) in [6.07, 6.45) is -1.77. The maximum absolute atomic E-state index is 12.7. The van der Waals surface area contributed by atoms with Crippen molar-refractivity contribution in [1.82, 2.24) is 9.88 Å². The van der Waals surface area contributed by atoms with Gasteiger partial charge >= 0.3 is 6.36 Å². The molecule has 0 amide bonds. The number of pyridine rings is 1. The highest BCUT2D eigenvalue weighted by Crippen LogP contribution is 2.38. The van der Waals surface area contributed by atoms with E-state index >= 15 is 0 Å². The first kappa shape index (κ1) is 19.3. The standard InChI is InChI=1S/C17H17Cl2F3N2O2/c18-12-9-16(19)23-13-10-14(15(8-11(12)13)26-17(20,21)22)25-7-3-6-24-4-1-2-5-24/h8-10H,1-7H2. The Morgan fingerprint density at radius 1 is 1.08 bits per heavy atom. The van der Waals surface area contributed by atoms with E-state index in [9.17, 15) is 13.2 Å². The van der Waals surface area contributed by atoms with Gasteiger partial charge in [0.15, 0.2) is 11.5 Å². The van der Waals surface area contributed by atoms with Crippen LogP contribution in [0.4, 0.5) is 13.2 Å². The van der Waals surface area contributed by atoms with Gasteiger partial charge in [-0.15, -0.1) is 13.2 Å². The summed E-state index contributed by atoms with van der Waals surface area (Å²) < 4.78 is 47.8. The fraction of sp³-hybridized carbons (Fsp3) is 0.471. The molecule has 0 N–H and O–H groups in total. The second kappa shape index (κ2) is 8.06. The Bertz CT molecular complexity index is 781. The van der Waals surface area contributed by atoms with Gasteiger partial charge in [0.1, 0.15) is 5.15 Å². The van der Waals surface area contributed by atoms with E-state index in [1.54, 1.807) is 0 Å². The topological polar surface area (TPSA) is 34.6 Å². The molecule has 1 aromatic heterocycles. The maximum atomic E-state index is 12.7. The zero-order chi connectivity index (χ0) is 18.7. The Morgan fingerprint density at radius 3 is 2.50 bits per heavy atom. The molecule has 0 spiro atoms. The summed E-state index contributed by atoms with van der Waals surface area (Å²) in [5, 5.41) is 0.638. The van der Waals surface area contributed by atoms with E-state index in [0.29, 0.717) is 17.3 Å². The minimum Gasteiger partial charge on any atom is -0.490 e. The number of fused-ring (bicyclic) bond motifs is 1. The Morgan fingerprint density at radius 2 is 1.81 bits per heavy atom. The number of likely N-dealkylation sites (tertiary alicyclic amines) is 1. The van der Waals surface area contributed by atoms with Gasteiger partial charge in [-0.1, -0.05) is 23.2 Å². The first-order valence-corrected chi connectivity index (χ1v) is 8.98. The number of benzene rings is 1. The summed E-state index contributed by atoms with van der Waals surface area (Å²) in [7, 11) is 0. The summed E-state index contributed by atoms with van der Waals surface area (Å²) in [5.41, 5.74) is 0.339. The van der Waals surface area contributed by atoms with Crippen molar-refractivity contribution in [2.24, 2.45) is 0 Å². The van der Waals surface area contributed by atoms with Crippen molar-refractivity contribution in [3.8, 4) is 11.5 Å². The lowest BCUT2D eigenvalue weighted by molar-refractivity contribution is -0.275. The summed E-state index contributed by atoms with van der Waals surface area (Å²) in [6, 6.07) is 3.90. The number of aromatic nitrogens is 1. The van der Waals surface area contributed by atoms with Gasteiger partial charge < -0.3 is 14.4 Å². The highest BCUT2D eigenvalue weighted by Gasteiger charge is 2.33. The van der Waals surface area contributed by atoms with E-state index in [4.69, 9.17) is 27.9 Å². The molecular formula is C17H17Cl2F3N2O2. The number of hydrogen-bond donors (Lipinski definition) is 0. The molecule has 1 aliphatic heterocycles. The van der Waals surface area contributed by atoms with Crippen LogP contribution in [0.3, 0.4) is 0 Å². The van der Waals surface area contributed by atoms with Crippen LogP contribution in [0.2, 0.25) is 10.2 Å². The van der Waals surface area contributed by atoms with Crippen LogP contribution in [0.25, 0.3) is 10.9 Å².